The van der Waals surface area contributed by atoms with Crippen molar-refractivity contribution >= 4 is 11.6 Å². The van der Waals surface area contributed by atoms with E-state index in [-0.39, 0.29) is 12.5 Å². The zero-order valence-corrected chi connectivity index (χ0v) is 14.4. The van der Waals surface area contributed by atoms with Crippen molar-refractivity contribution in [2.24, 2.45) is 0 Å². The van der Waals surface area contributed by atoms with Gasteiger partial charge in [0.1, 0.15) is 12.4 Å². The molecule has 0 saturated heterocycles. The Morgan fingerprint density at radius 1 is 0.885 bits per heavy atom. The molecule has 3 aromatic rings. The van der Waals surface area contributed by atoms with Crippen molar-refractivity contribution in [2.75, 3.05) is 11.9 Å². The number of benzene rings is 3. The summed E-state index contributed by atoms with van der Waals surface area (Å²) in [5, 5.41) is 11.9. The van der Waals surface area contributed by atoms with Crippen LogP contribution in [0.3, 0.4) is 0 Å². The standard InChI is InChI=1S/C22H21NO3/c24-15-14-17-10-12-19(13-11-17)23-22(25)21-9-5-4-6-18(21)16-26-20-7-2-1-3-8-20/h1-13,24H,14-16H2,(H,23,25). The highest BCUT2D eigenvalue weighted by atomic mass is 16.5. The van der Waals surface area contributed by atoms with Gasteiger partial charge in [-0.05, 0) is 42.3 Å². The third kappa shape index (κ3) is 4.71. The molecule has 1 amide bonds. The molecule has 0 aliphatic carbocycles. The molecule has 0 atom stereocenters. The summed E-state index contributed by atoms with van der Waals surface area (Å²) < 4.78 is 5.77. The first-order chi connectivity index (χ1) is 12.8. The molecule has 0 fully saturated rings. The lowest BCUT2D eigenvalue weighted by Crippen LogP contribution is -2.15. The summed E-state index contributed by atoms with van der Waals surface area (Å²) >= 11 is 0. The van der Waals surface area contributed by atoms with Gasteiger partial charge in [0.2, 0.25) is 0 Å². The highest BCUT2D eigenvalue weighted by Crippen LogP contribution is 2.17. The maximum atomic E-state index is 12.7. The van der Waals surface area contributed by atoms with E-state index in [4.69, 9.17) is 9.84 Å². The lowest BCUT2D eigenvalue weighted by molar-refractivity contribution is 0.102. The number of aliphatic hydroxyl groups excluding tert-OH is 1. The number of carbonyl (C=O) groups excluding carboxylic acids is 1. The molecule has 132 valence electrons. The lowest BCUT2D eigenvalue weighted by Gasteiger charge is -2.12. The fourth-order valence-corrected chi connectivity index (χ4v) is 2.63. The average molecular weight is 347 g/mol. The van der Waals surface area contributed by atoms with E-state index >= 15 is 0 Å². The topological polar surface area (TPSA) is 58.6 Å². The van der Waals surface area contributed by atoms with E-state index in [2.05, 4.69) is 5.32 Å². The van der Waals surface area contributed by atoms with E-state index in [9.17, 15) is 4.79 Å². The van der Waals surface area contributed by atoms with Gasteiger partial charge in [-0.1, -0.05) is 48.5 Å². The van der Waals surface area contributed by atoms with Gasteiger partial charge >= 0.3 is 0 Å². The summed E-state index contributed by atoms with van der Waals surface area (Å²) in [6.45, 7) is 0.434. The normalized spacial score (nSPS) is 10.3. The molecule has 0 saturated carbocycles. The highest BCUT2D eigenvalue weighted by Gasteiger charge is 2.11. The van der Waals surface area contributed by atoms with Gasteiger partial charge in [-0.2, -0.15) is 0 Å². The molecule has 4 nitrogen and oxygen atoms in total. The molecule has 0 aliphatic rings. The van der Waals surface area contributed by atoms with Crippen LogP contribution in [-0.4, -0.2) is 17.6 Å². The maximum absolute atomic E-state index is 12.7. The molecule has 3 aromatic carbocycles. The van der Waals surface area contributed by atoms with Gasteiger partial charge in [-0.25, -0.2) is 0 Å². The predicted octanol–water partition coefficient (Wildman–Crippen LogP) is 4.05. The molecule has 0 radical (unpaired) electrons. The van der Waals surface area contributed by atoms with Crippen LogP contribution in [0, 0.1) is 0 Å². The molecule has 2 N–H and O–H groups in total. The highest BCUT2D eigenvalue weighted by molar-refractivity contribution is 6.05. The number of amides is 1. The van der Waals surface area contributed by atoms with Gasteiger partial charge in [0.25, 0.3) is 5.91 Å². The van der Waals surface area contributed by atoms with Crippen molar-refractivity contribution in [1.29, 1.82) is 0 Å². The SMILES string of the molecule is O=C(Nc1ccc(CCO)cc1)c1ccccc1COc1ccccc1. The molecule has 0 aromatic heterocycles. The van der Waals surface area contributed by atoms with Gasteiger partial charge in [0, 0.05) is 23.4 Å². The van der Waals surface area contributed by atoms with Gasteiger partial charge in [-0.15, -0.1) is 0 Å². The Kier molecular flexibility index (Phi) is 6.01. The Labute approximate surface area is 153 Å². The van der Waals surface area contributed by atoms with Gasteiger partial charge in [-0.3, -0.25) is 4.79 Å². The molecule has 0 bridgehead atoms. The van der Waals surface area contributed by atoms with E-state index in [1.165, 1.54) is 0 Å². The second kappa shape index (κ2) is 8.83. The van der Waals surface area contributed by atoms with Crippen LogP contribution in [0.1, 0.15) is 21.5 Å². The van der Waals surface area contributed by atoms with E-state index < -0.39 is 0 Å². The van der Waals surface area contributed by atoms with Gasteiger partial charge < -0.3 is 15.2 Å². The maximum Gasteiger partial charge on any atom is 0.256 e. The fraction of sp³-hybridized carbons (Fsp3) is 0.136. The lowest BCUT2D eigenvalue weighted by atomic mass is 10.1. The Balaban J connectivity index is 1.69. The van der Waals surface area contributed by atoms with E-state index in [1.54, 1.807) is 6.07 Å². The van der Waals surface area contributed by atoms with Crippen LogP contribution >= 0.6 is 0 Å². The van der Waals surface area contributed by atoms with Crippen molar-refractivity contribution in [3.8, 4) is 5.75 Å². The van der Waals surface area contributed by atoms with Crippen molar-refractivity contribution in [1.82, 2.24) is 0 Å². The molecule has 26 heavy (non-hydrogen) atoms. The van der Waals surface area contributed by atoms with Crippen LogP contribution in [0.2, 0.25) is 0 Å². The van der Waals surface area contributed by atoms with Crippen molar-refractivity contribution in [2.45, 2.75) is 13.0 Å². The Bertz CT molecular complexity index is 845. The number of para-hydroxylation sites is 1. The Morgan fingerprint density at radius 3 is 2.31 bits per heavy atom. The van der Waals surface area contributed by atoms with E-state index in [0.29, 0.717) is 18.6 Å². The minimum atomic E-state index is -0.174. The number of anilines is 1. The largest absolute Gasteiger partial charge is 0.489 e. The van der Waals surface area contributed by atoms with E-state index in [0.717, 1.165) is 22.6 Å². The van der Waals surface area contributed by atoms with Crippen LogP contribution in [0.25, 0.3) is 0 Å². The van der Waals surface area contributed by atoms with Crippen LogP contribution < -0.4 is 10.1 Å². The monoisotopic (exact) mass is 347 g/mol. The second-order valence-electron chi connectivity index (χ2n) is 5.88. The first kappa shape index (κ1) is 17.7. The Hall–Kier alpha value is -3.11. The van der Waals surface area contributed by atoms with Crippen molar-refractivity contribution in [3.05, 3.63) is 95.6 Å². The first-order valence-electron chi connectivity index (χ1n) is 8.53. The number of carbonyl (C=O) groups is 1. The molecule has 0 spiro atoms. The molecular formula is C22H21NO3. The van der Waals surface area contributed by atoms with E-state index in [1.807, 2.05) is 72.8 Å². The average Bonchev–Trinajstić information content (AvgIpc) is 2.69. The van der Waals surface area contributed by atoms with Crippen LogP contribution in [0.5, 0.6) is 5.75 Å². The van der Waals surface area contributed by atoms with Crippen LogP contribution in [0.4, 0.5) is 5.69 Å². The third-order valence-corrected chi connectivity index (χ3v) is 4.01. The predicted molar refractivity (Wildman–Crippen MR) is 102 cm³/mol. The molecule has 3 rings (SSSR count). The summed E-state index contributed by atoms with van der Waals surface area (Å²) in [5.74, 6) is 0.592. The zero-order chi connectivity index (χ0) is 18.2. The number of hydrogen-bond acceptors (Lipinski definition) is 3. The van der Waals surface area contributed by atoms with Gasteiger partial charge in [0.15, 0.2) is 0 Å². The summed E-state index contributed by atoms with van der Waals surface area (Å²) in [5.41, 5.74) is 3.16. The summed E-state index contributed by atoms with van der Waals surface area (Å²) in [7, 11) is 0. The molecule has 0 heterocycles. The smallest absolute Gasteiger partial charge is 0.256 e. The molecule has 0 aliphatic heterocycles. The molecule has 0 unspecified atom stereocenters. The number of hydrogen-bond donors (Lipinski definition) is 2. The van der Waals surface area contributed by atoms with Crippen molar-refractivity contribution in [3.63, 3.8) is 0 Å². The minimum absolute atomic E-state index is 0.112. The number of rotatable bonds is 7. The van der Waals surface area contributed by atoms with Crippen LogP contribution in [-0.2, 0) is 13.0 Å². The molecule has 4 heteroatoms. The van der Waals surface area contributed by atoms with Crippen molar-refractivity contribution < 1.29 is 14.6 Å². The Morgan fingerprint density at radius 2 is 1.58 bits per heavy atom. The summed E-state index contributed by atoms with van der Waals surface area (Å²) in [6, 6.07) is 24.4. The minimum Gasteiger partial charge on any atom is -0.489 e. The number of ether oxygens (including phenoxy) is 1. The van der Waals surface area contributed by atoms with Crippen LogP contribution in [0.15, 0.2) is 78.9 Å². The third-order valence-electron chi connectivity index (χ3n) is 4.01. The summed E-state index contributed by atoms with van der Waals surface area (Å²) in [6.07, 6.45) is 0.605. The zero-order valence-electron chi connectivity index (χ0n) is 14.4. The fourth-order valence-electron chi connectivity index (χ4n) is 2.63. The number of nitrogens with one attached hydrogen (secondary N) is 1. The quantitative estimate of drug-likeness (QED) is 0.678. The second-order valence-corrected chi connectivity index (χ2v) is 5.88. The first-order valence-corrected chi connectivity index (χ1v) is 8.53. The van der Waals surface area contributed by atoms with Gasteiger partial charge in [0.05, 0.1) is 0 Å². The molecular weight excluding hydrogens is 326 g/mol. The number of aliphatic hydroxyl groups is 1. The summed E-state index contributed by atoms with van der Waals surface area (Å²) in [4.78, 5) is 12.7.